The van der Waals surface area contributed by atoms with Crippen LogP contribution in [0.1, 0.15) is 24.1 Å². The average molecular weight is 307 g/mol. The lowest BCUT2D eigenvalue weighted by molar-refractivity contribution is 0.0512. The number of likely N-dealkylation sites (tertiary alicyclic amines) is 1. The molecule has 124 valence electrons. The summed E-state index contributed by atoms with van der Waals surface area (Å²) in [4.78, 5) is 15.2. The molecule has 0 radical (unpaired) electrons. The van der Waals surface area contributed by atoms with E-state index < -0.39 is 0 Å². The highest BCUT2D eigenvalue weighted by Gasteiger charge is 2.36. The van der Waals surface area contributed by atoms with Crippen LogP contribution in [0.25, 0.3) is 0 Å². The van der Waals surface area contributed by atoms with Gasteiger partial charge in [0.15, 0.2) is 0 Å². The van der Waals surface area contributed by atoms with Gasteiger partial charge in [-0.05, 0) is 14.0 Å². The van der Waals surface area contributed by atoms with Crippen molar-refractivity contribution in [2.24, 2.45) is 0 Å². The predicted molar refractivity (Wildman–Crippen MR) is 86.8 cm³/mol. The summed E-state index contributed by atoms with van der Waals surface area (Å²) in [5.41, 5.74) is 2.29. The lowest BCUT2D eigenvalue weighted by Gasteiger charge is -2.37. The van der Waals surface area contributed by atoms with Gasteiger partial charge in [-0.3, -0.25) is 9.80 Å². The van der Waals surface area contributed by atoms with Crippen LogP contribution in [0.2, 0.25) is 0 Å². The first-order valence-corrected chi connectivity index (χ1v) is 8.44. The fraction of sp³-hybridized carbons (Fsp3) is 0.812. The van der Waals surface area contributed by atoms with Crippen molar-refractivity contribution in [2.45, 2.75) is 39.0 Å². The Morgan fingerprint density at radius 3 is 2.59 bits per heavy atom. The van der Waals surface area contributed by atoms with E-state index in [0.717, 1.165) is 69.4 Å². The van der Waals surface area contributed by atoms with Gasteiger partial charge >= 0.3 is 0 Å². The van der Waals surface area contributed by atoms with Gasteiger partial charge in [0.1, 0.15) is 5.82 Å². The van der Waals surface area contributed by atoms with Crippen molar-refractivity contribution in [1.29, 1.82) is 0 Å². The molecule has 2 atom stereocenters. The number of rotatable bonds is 4. The standard InChI is InChI=1S/C16H29N5O/c1-4-16-17-12(2)13(18-16)9-20-10-14(15(22)11-20)21-7-5-19(3)6-8-21/h14-15,22H,4-11H2,1-3H3,(H,17,18)/t14-,15-/m0/s1. The van der Waals surface area contributed by atoms with Crippen molar-refractivity contribution in [3.63, 3.8) is 0 Å². The van der Waals surface area contributed by atoms with E-state index in [1.807, 2.05) is 0 Å². The number of piperazine rings is 1. The number of aromatic nitrogens is 2. The van der Waals surface area contributed by atoms with E-state index in [4.69, 9.17) is 0 Å². The second-order valence-corrected chi connectivity index (χ2v) is 6.78. The van der Waals surface area contributed by atoms with E-state index >= 15 is 0 Å². The first kappa shape index (κ1) is 15.9. The van der Waals surface area contributed by atoms with E-state index in [9.17, 15) is 5.11 Å². The zero-order chi connectivity index (χ0) is 15.7. The van der Waals surface area contributed by atoms with Crippen molar-refractivity contribution < 1.29 is 5.11 Å². The number of β-amino-alcohol motifs (C(OH)–C–C–N with tert-alkyl or cyclic N) is 1. The molecule has 0 spiro atoms. The number of nitrogens with zero attached hydrogens (tertiary/aromatic N) is 4. The Morgan fingerprint density at radius 2 is 1.95 bits per heavy atom. The monoisotopic (exact) mass is 307 g/mol. The van der Waals surface area contributed by atoms with Gasteiger partial charge in [-0.2, -0.15) is 0 Å². The van der Waals surface area contributed by atoms with Crippen LogP contribution in [0.3, 0.4) is 0 Å². The van der Waals surface area contributed by atoms with Crippen molar-refractivity contribution in [2.75, 3.05) is 46.3 Å². The first-order chi connectivity index (χ1) is 10.6. The maximum absolute atomic E-state index is 10.5. The molecular formula is C16H29N5O. The summed E-state index contributed by atoms with van der Waals surface area (Å²) >= 11 is 0. The molecule has 2 fully saturated rings. The van der Waals surface area contributed by atoms with Crippen molar-refractivity contribution in [3.8, 4) is 0 Å². The number of aromatic amines is 1. The normalized spacial score (nSPS) is 28.5. The Bertz CT molecular complexity index is 495. The predicted octanol–water partition coefficient (Wildman–Crippen LogP) is 0.0730. The summed E-state index contributed by atoms with van der Waals surface area (Å²) in [6.45, 7) is 11.1. The first-order valence-electron chi connectivity index (χ1n) is 8.44. The minimum absolute atomic E-state index is 0.242. The molecule has 0 amide bonds. The van der Waals surface area contributed by atoms with Gasteiger partial charge in [-0.1, -0.05) is 6.92 Å². The van der Waals surface area contributed by atoms with Crippen LogP contribution in [0.15, 0.2) is 0 Å². The maximum atomic E-state index is 10.5. The van der Waals surface area contributed by atoms with Gasteiger partial charge < -0.3 is 15.0 Å². The lowest BCUT2D eigenvalue weighted by atomic mass is 10.1. The van der Waals surface area contributed by atoms with Crippen LogP contribution in [-0.2, 0) is 13.0 Å². The summed E-state index contributed by atoms with van der Waals surface area (Å²) in [6, 6.07) is 0.276. The minimum atomic E-state index is -0.242. The molecule has 22 heavy (non-hydrogen) atoms. The number of H-pyrrole nitrogens is 1. The number of hydrogen-bond acceptors (Lipinski definition) is 5. The molecule has 6 nitrogen and oxygen atoms in total. The van der Waals surface area contributed by atoms with E-state index in [-0.39, 0.29) is 12.1 Å². The highest BCUT2D eigenvalue weighted by Crippen LogP contribution is 2.20. The lowest BCUT2D eigenvalue weighted by Crippen LogP contribution is -2.52. The molecule has 3 heterocycles. The molecule has 1 aromatic rings. The highest BCUT2D eigenvalue weighted by molar-refractivity contribution is 5.13. The van der Waals surface area contributed by atoms with Crippen molar-refractivity contribution >= 4 is 0 Å². The third-order valence-electron chi connectivity index (χ3n) is 5.08. The topological polar surface area (TPSA) is 58.6 Å². The average Bonchev–Trinajstić information content (AvgIpc) is 3.03. The van der Waals surface area contributed by atoms with Gasteiger partial charge in [-0.15, -0.1) is 0 Å². The minimum Gasteiger partial charge on any atom is -0.390 e. The summed E-state index contributed by atoms with van der Waals surface area (Å²) in [6.07, 6.45) is 0.696. The summed E-state index contributed by atoms with van der Waals surface area (Å²) in [5, 5.41) is 10.5. The molecule has 2 N–H and O–H groups in total. The molecule has 0 aromatic carbocycles. The molecule has 1 aromatic heterocycles. The number of imidazole rings is 1. The molecule has 6 heteroatoms. The van der Waals surface area contributed by atoms with Gasteiger partial charge in [0.25, 0.3) is 0 Å². The summed E-state index contributed by atoms with van der Waals surface area (Å²) in [7, 11) is 2.17. The number of aryl methyl sites for hydroxylation is 2. The number of likely N-dealkylation sites (N-methyl/N-ethyl adjacent to an activating group) is 1. The smallest absolute Gasteiger partial charge is 0.106 e. The zero-order valence-corrected chi connectivity index (χ0v) is 14.0. The Hall–Kier alpha value is -0.950. The molecular weight excluding hydrogens is 278 g/mol. The van der Waals surface area contributed by atoms with E-state index in [0.29, 0.717) is 0 Å². The van der Waals surface area contributed by atoms with Crippen LogP contribution in [0, 0.1) is 6.92 Å². The van der Waals surface area contributed by atoms with E-state index in [2.05, 4.69) is 45.6 Å². The van der Waals surface area contributed by atoms with Crippen LogP contribution in [0.5, 0.6) is 0 Å². The van der Waals surface area contributed by atoms with Crippen LogP contribution in [0.4, 0.5) is 0 Å². The highest BCUT2D eigenvalue weighted by atomic mass is 16.3. The second kappa shape index (κ2) is 6.66. The molecule has 3 rings (SSSR count). The molecule has 0 aliphatic carbocycles. The number of hydrogen-bond donors (Lipinski definition) is 2. The molecule has 0 unspecified atom stereocenters. The third-order valence-corrected chi connectivity index (χ3v) is 5.08. The van der Waals surface area contributed by atoms with Crippen LogP contribution < -0.4 is 0 Å². The quantitative estimate of drug-likeness (QED) is 0.825. The fourth-order valence-corrected chi connectivity index (χ4v) is 3.58. The maximum Gasteiger partial charge on any atom is 0.106 e. The van der Waals surface area contributed by atoms with Crippen molar-refractivity contribution in [3.05, 3.63) is 17.2 Å². The third kappa shape index (κ3) is 3.35. The number of aliphatic hydroxyl groups excluding tert-OH is 1. The van der Waals surface area contributed by atoms with Crippen LogP contribution in [-0.4, -0.2) is 88.2 Å². The van der Waals surface area contributed by atoms with Gasteiger partial charge in [0.05, 0.1) is 11.8 Å². The molecule has 2 aliphatic heterocycles. The largest absolute Gasteiger partial charge is 0.390 e. The van der Waals surface area contributed by atoms with Gasteiger partial charge in [0, 0.05) is 64.0 Å². The summed E-state index contributed by atoms with van der Waals surface area (Å²) < 4.78 is 0. The Kier molecular flexibility index (Phi) is 4.82. The summed E-state index contributed by atoms with van der Waals surface area (Å²) in [5.74, 6) is 1.06. The van der Waals surface area contributed by atoms with Gasteiger partial charge in [-0.25, -0.2) is 4.98 Å². The molecule has 0 bridgehead atoms. The number of nitrogens with one attached hydrogen (secondary N) is 1. The number of aliphatic hydroxyl groups is 1. The van der Waals surface area contributed by atoms with Crippen molar-refractivity contribution in [1.82, 2.24) is 24.7 Å². The Labute approximate surface area is 133 Å². The van der Waals surface area contributed by atoms with E-state index in [1.165, 1.54) is 0 Å². The Balaban J connectivity index is 1.59. The van der Waals surface area contributed by atoms with E-state index in [1.54, 1.807) is 0 Å². The molecule has 2 aliphatic rings. The van der Waals surface area contributed by atoms with Crippen LogP contribution >= 0.6 is 0 Å². The SMILES string of the molecule is CCc1nc(CN2C[C@H](O)[C@@H](N3CCN(C)CC3)C2)c(C)[nH]1. The Morgan fingerprint density at radius 1 is 1.23 bits per heavy atom. The molecule has 0 saturated carbocycles. The van der Waals surface area contributed by atoms with Gasteiger partial charge in [0.2, 0.25) is 0 Å². The molecule has 2 saturated heterocycles. The zero-order valence-electron chi connectivity index (χ0n) is 14.0. The second-order valence-electron chi connectivity index (χ2n) is 6.78. The fourth-order valence-electron chi connectivity index (χ4n) is 3.58.